The quantitative estimate of drug-likeness (QED) is 0.757. The van der Waals surface area contributed by atoms with E-state index in [-0.39, 0.29) is 5.92 Å². The molecule has 2 aliphatic rings. The largest absolute Gasteiger partial charge is 0.338 e. The van der Waals surface area contributed by atoms with Crippen molar-refractivity contribution in [3.8, 4) is 0 Å². The second kappa shape index (κ2) is 4.52. The van der Waals surface area contributed by atoms with Crippen LogP contribution in [0.25, 0.3) is 0 Å². The van der Waals surface area contributed by atoms with Gasteiger partial charge >= 0.3 is 0 Å². The van der Waals surface area contributed by atoms with E-state index in [9.17, 15) is 4.79 Å². The molecule has 15 heavy (non-hydrogen) atoms. The number of nitrogens with one attached hydrogen (secondary N) is 1. The normalized spacial score (nSPS) is 27.7. The monoisotopic (exact) mass is 210 g/mol. The zero-order valence-corrected chi connectivity index (χ0v) is 9.83. The molecular weight excluding hydrogens is 188 g/mol. The van der Waals surface area contributed by atoms with Gasteiger partial charge in [0.05, 0.1) is 0 Å². The van der Waals surface area contributed by atoms with Gasteiger partial charge in [-0.15, -0.1) is 0 Å². The molecule has 2 atom stereocenters. The lowest BCUT2D eigenvalue weighted by molar-refractivity contribution is -0.137. The summed E-state index contributed by atoms with van der Waals surface area (Å²) in [7, 11) is 0. The highest BCUT2D eigenvalue weighted by atomic mass is 16.2. The summed E-state index contributed by atoms with van der Waals surface area (Å²) in [6.07, 6.45) is 3.64. The Balaban J connectivity index is 1.94. The Morgan fingerprint density at radius 1 is 1.47 bits per heavy atom. The van der Waals surface area contributed by atoms with Gasteiger partial charge in [0.25, 0.3) is 0 Å². The Kier molecular flexibility index (Phi) is 3.29. The minimum Gasteiger partial charge on any atom is -0.338 e. The van der Waals surface area contributed by atoms with Gasteiger partial charge in [-0.25, -0.2) is 0 Å². The van der Waals surface area contributed by atoms with Crippen LogP contribution in [0, 0.1) is 11.8 Å². The van der Waals surface area contributed by atoms with Crippen LogP contribution in [0.5, 0.6) is 0 Å². The second-order valence-electron chi connectivity index (χ2n) is 4.90. The maximum absolute atomic E-state index is 12.2. The van der Waals surface area contributed by atoms with Gasteiger partial charge in [-0.05, 0) is 38.6 Å². The summed E-state index contributed by atoms with van der Waals surface area (Å²) < 4.78 is 0. The highest BCUT2D eigenvalue weighted by Crippen LogP contribution is 2.37. The lowest BCUT2D eigenvalue weighted by Gasteiger charge is -2.29. The van der Waals surface area contributed by atoms with Crippen LogP contribution in [0.4, 0.5) is 0 Å². The Labute approximate surface area is 92.2 Å². The maximum Gasteiger partial charge on any atom is 0.225 e. The Hall–Kier alpha value is -0.570. The minimum atomic E-state index is 0.255. The fourth-order valence-corrected chi connectivity index (χ4v) is 2.56. The van der Waals surface area contributed by atoms with Gasteiger partial charge in [0, 0.05) is 25.0 Å². The number of hydrogen-bond acceptors (Lipinski definition) is 2. The summed E-state index contributed by atoms with van der Waals surface area (Å²) in [5.41, 5.74) is 0. The van der Waals surface area contributed by atoms with Crippen molar-refractivity contribution in [3.63, 3.8) is 0 Å². The van der Waals surface area contributed by atoms with E-state index in [0.717, 1.165) is 26.1 Å². The lowest BCUT2D eigenvalue weighted by atomic mass is 10.0. The zero-order chi connectivity index (χ0) is 10.8. The molecule has 0 aromatic carbocycles. The molecule has 0 radical (unpaired) electrons. The smallest absolute Gasteiger partial charge is 0.225 e. The van der Waals surface area contributed by atoms with E-state index in [2.05, 4.69) is 24.1 Å². The minimum absolute atomic E-state index is 0.255. The fraction of sp³-hybridized carbons (Fsp3) is 0.917. The molecule has 0 aromatic heterocycles. The van der Waals surface area contributed by atoms with E-state index in [0.29, 0.717) is 17.9 Å². The van der Waals surface area contributed by atoms with Crippen LogP contribution in [0.3, 0.4) is 0 Å². The molecule has 2 fully saturated rings. The van der Waals surface area contributed by atoms with Gasteiger partial charge < -0.3 is 10.2 Å². The number of hydrogen-bond donors (Lipinski definition) is 1. The third-order valence-electron chi connectivity index (χ3n) is 3.82. The molecule has 1 saturated heterocycles. The molecule has 0 bridgehead atoms. The fourth-order valence-electron chi connectivity index (χ4n) is 2.56. The molecule has 1 aliphatic carbocycles. The second-order valence-corrected chi connectivity index (χ2v) is 4.90. The summed E-state index contributed by atoms with van der Waals surface area (Å²) in [5, 5.41) is 3.33. The number of nitrogens with zero attached hydrogens (tertiary/aromatic N) is 1. The summed E-state index contributed by atoms with van der Waals surface area (Å²) in [5.74, 6) is 1.32. The molecule has 3 nitrogen and oxygen atoms in total. The number of amides is 1. The number of likely N-dealkylation sites (N-methyl/N-ethyl adjacent to an activating group) is 1. The predicted molar refractivity (Wildman–Crippen MR) is 60.5 cm³/mol. The van der Waals surface area contributed by atoms with Gasteiger partial charge in [-0.2, -0.15) is 0 Å². The number of carbonyl (C=O) groups excluding carboxylic acids is 1. The van der Waals surface area contributed by atoms with Crippen LogP contribution in [-0.4, -0.2) is 36.5 Å². The summed E-state index contributed by atoms with van der Waals surface area (Å²) >= 11 is 0. The van der Waals surface area contributed by atoms with Crippen LogP contribution in [0.2, 0.25) is 0 Å². The SMILES string of the molecule is CCN(C(=O)C(C)C1CC1)C1CCNC1. The topological polar surface area (TPSA) is 32.3 Å². The van der Waals surface area contributed by atoms with Crippen LogP contribution in [-0.2, 0) is 4.79 Å². The van der Waals surface area contributed by atoms with Crippen molar-refractivity contribution in [2.45, 2.75) is 39.2 Å². The van der Waals surface area contributed by atoms with Crippen LogP contribution < -0.4 is 5.32 Å². The van der Waals surface area contributed by atoms with Crippen LogP contribution in [0.15, 0.2) is 0 Å². The predicted octanol–water partition coefficient (Wildman–Crippen LogP) is 1.24. The molecule has 2 rings (SSSR count). The molecule has 86 valence electrons. The van der Waals surface area contributed by atoms with E-state index in [1.807, 2.05) is 0 Å². The van der Waals surface area contributed by atoms with E-state index in [1.54, 1.807) is 0 Å². The first-order chi connectivity index (χ1) is 7.24. The van der Waals surface area contributed by atoms with E-state index in [4.69, 9.17) is 0 Å². The van der Waals surface area contributed by atoms with Crippen molar-refractivity contribution in [2.24, 2.45) is 11.8 Å². The van der Waals surface area contributed by atoms with Crippen molar-refractivity contribution < 1.29 is 4.79 Å². The molecule has 0 aromatic rings. The van der Waals surface area contributed by atoms with Gasteiger partial charge in [-0.3, -0.25) is 4.79 Å². The molecule has 0 spiro atoms. The van der Waals surface area contributed by atoms with Crippen LogP contribution >= 0.6 is 0 Å². The van der Waals surface area contributed by atoms with Gasteiger partial charge in [-0.1, -0.05) is 6.92 Å². The Morgan fingerprint density at radius 2 is 2.20 bits per heavy atom. The first-order valence-corrected chi connectivity index (χ1v) is 6.25. The number of carbonyl (C=O) groups is 1. The van der Waals surface area contributed by atoms with Gasteiger partial charge in [0.1, 0.15) is 0 Å². The molecule has 1 N–H and O–H groups in total. The molecule has 3 heteroatoms. The number of rotatable bonds is 4. The van der Waals surface area contributed by atoms with Crippen LogP contribution in [0.1, 0.15) is 33.1 Å². The summed E-state index contributed by atoms with van der Waals surface area (Å²) in [6.45, 7) is 7.10. The van der Waals surface area contributed by atoms with Gasteiger partial charge in [0.15, 0.2) is 0 Å². The van der Waals surface area contributed by atoms with Crippen molar-refractivity contribution in [3.05, 3.63) is 0 Å². The van der Waals surface area contributed by atoms with E-state index in [1.165, 1.54) is 12.8 Å². The molecule has 1 aliphatic heterocycles. The first-order valence-electron chi connectivity index (χ1n) is 6.25. The lowest BCUT2D eigenvalue weighted by Crippen LogP contribution is -2.44. The maximum atomic E-state index is 12.2. The van der Waals surface area contributed by atoms with Crippen molar-refractivity contribution >= 4 is 5.91 Å². The van der Waals surface area contributed by atoms with Crippen molar-refractivity contribution in [2.75, 3.05) is 19.6 Å². The molecule has 2 unspecified atom stereocenters. The van der Waals surface area contributed by atoms with E-state index < -0.39 is 0 Å². The van der Waals surface area contributed by atoms with E-state index >= 15 is 0 Å². The highest BCUT2D eigenvalue weighted by Gasteiger charge is 2.36. The first kappa shape index (κ1) is 10.9. The third-order valence-corrected chi connectivity index (χ3v) is 3.82. The Bertz CT molecular complexity index is 232. The van der Waals surface area contributed by atoms with Gasteiger partial charge in [0.2, 0.25) is 5.91 Å². The third kappa shape index (κ3) is 2.33. The highest BCUT2D eigenvalue weighted by molar-refractivity contribution is 5.79. The summed E-state index contributed by atoms with van der Waals surface area (Å²) in [4.78, 5) is 14.3. The molecule has 1 heterocycles. The Morgan fingerprint density at radius 3 is 2.67 bits per heavy atom. The average molecular weight is 210 g/mol. The standard InChI is InChI=1S/C12H22N2O/c1-3-14(11-6-7-13-8-11)12(15)9(2)10-4-5-10/h9-11,13H,3-8H2,1-2H3. The zero-order valence-electron chi connectivity index (χ0n) is 9.83. The molecule has 1 saturated carbocycles. The summed E-state index contributed by atoms with van der Waals surface area (Å²) in [6, 6.07) is 0.448. The van der Waals surface area contributed by atoms with Crippen molar-refractivity contribution in [1.82, 2.24) is 10.2 Å². The molecule has 1 amide bonds. The molecular formula is C12H22N2O. The average Bonchev–Trinajstić information content (AvgIpc) is 2.96. The van der Waals surface area contributed by atoms with Crippen molar-refractivity contribution in [1.29, 1.82) is 0 Å².